The SMILES string of the molecule is CCO[C@@H]1C[C@H](N(C)C(=O)Cc2csc(C)n2)C1(C)C. The summed E-state index contributed by atoms with van der Waals surface area (Å²) < 4.78 is 5.73. The van der Waals surface area contributed by atoms with Crippen LogP contribution in [0.1, 0.15) is 37.9 Å². The van der Waals surface area contributed by atoms with Gasteiger partial charge in [0, 0.05) is 30.5 Å². The Balaban J connectivity index is 1.95. The largest absolute Gasteiger partial charge is 0.378 e. The summed E-state index contributed by atoms with van der Waals surface area (Å²) >= 11 is 1.59. The fourth-order valence-corrected chi connectivity index (χ4v) is 3.56. The molecule has 0 aliphatic heterocycles. The molecule has 0 N–H and O–H groups in total. The Morgan fingerprint density at radius 2 is 2.30 bits per heavy atom. The number of likely N-dealkylation sites (N-methyl/N-ethyl adjacent to an activating group) is 1. The Kier molecular flexibility index (Phi) is 4.49. The number of rotatable bonds is 5. The van der Waals surface area contributed by atoms with Gasteiger partial charge in [-0.15, -0.1) is 11.3 Å². The Morgan fingerprint density at radius 1 is 1.60 bits per heavy atom. The van der Waals surface area contributed by atoms with Crippen molar-refractivity contribution in [3.8, 4) is 0 Å². The molecule has 1 aromatic heterocycles. The van der Waals surface area contributed by atoms with Crippen molar-refractivity contribution in [2.24, 2.45) is 5.41 Å². The molecule has 4 nitrogen and oxygen atoms in total. The second-order valence-corrected chi connectivity index (χ2v) is 7.12. The highest BCUT2D eigenvalue weighted by Gasteiger charge is 2.51. The first-order chi connectivity index (χ1) is 9.36. The van der Waals surface area contributed by atoms with Crippen LogP contribution in [0.25, 0.3) is 0 Å². The molecule has 0 spiro atoms. The summed E-state index contributed by atoms with van der Waals surface area (Å²) in [5, 5.41) is 2.98. The predicted octanol–water partition coefficient (Wildman–Crippen LogP) is 2.66. The van der Waals surface area contributed by atoms with E-state index in [0.29, 0.717) is 6.42 Å². The first-order valence-corrected chi connectivity index (χ1v) is 8.02. The van der Waals surface area contributed by atoms with E-state index < -0.39 is 0 Å². The van der Waals surface area contributed by atoms with Crippen LogP contribution in [-0.2, 0) is 16.0 Å². The molecular formula is C15H24N2O2S. The summed E-state index contributed by atoms with van der Waals surface area (Å²) in [6, 6.07) is 0.256. The number of nitrogens with zero attached hydrogens (tertiary/aromatic N) is 2. The van der Waals surface area contributed by atoms with E-state index in [2.05, 4.69) is 18.8 Å². The number of carbonyl (C=O) groups excluding carboxylic acids is 1. The van der Waals surface area contributed by atoms with Crippen LogP contribution in [0.2, 0.25) is 0 Å². The van der Waals surface area contributed by atoms with Crippen LogP contribution in [0, 0.1) is 12.3 Å². The normalized spacial score (nSPS) is 24.2. The zero-order chi connectivity index (χ0) is 14.9. The summed E-state index contributed by atoms with van der Waals surface area (Å²) in [5.74, 6) is 0.142. The molecule has 1 fully saturated rings. The van der Waals surface area contributed by atoms with E-state index in [1.54, 1.807) is 11.3 Å². The smallest absolute Gasteiger partial charge is 0.228 e. The Bertz CT molecular complexity index is 484. The standard InChI is InChI=1S/C15H24N2O2S/c1-6-19-13-8-12(15(13,3)4)17(5)14(18)7-11-9-20-10(2)16-11/h9,12-13H,6-8H2,1-5H3/t12-,13+/m0/s1. The van der Waals surface area contributed by atoms with E-state index in [4.69, 9.17) is 4.74 Å². The maximum Gasteiger partial charge on any atom is 0.228 e. The van der Waals surface area contributed by atoms with Gasteiger partial charge in [0.2, 0.25) is 5.91 Å². The van der Waals surface area contributed by atoms with Gasteiger partial charge in [0.1, 0.15) is 0 Å². The summed E-state index contributed by atoms with van der Waals surface area (Å²) in [6.07, 6.45) is 1.58. The van der Waals surface area contributed by atoms with E-state index in [0.717, 1.165) is 23.7 Å². The van der Waals surface area contributed by atoms with Crippen LogP contribution in [-0.4, -0.2) is 41.6 Å². The van der Waals surface area contributed by atoms with Gasteiger partial charge >= 0.3 is 0 Å². The monoisotopic (exact) mass is 296 g/mol. The van der Waals surface area contributed by atoms with Crippen LogP contribution in [0.4, 0.5) is 0 Å². The van der Waals surface area contributed by atoms with Crippen molar-refractivity contribution in [2.75, 3.05) is 13.7 Å². The van der Waals surface area contributed by atoms with Gasteiger partial charge in [-0.3, -0.25) is 4.79 Å². The number of amides is 1. The Hall–Kier alpha value is -0.940. The number of aryl methyl sites for hydroxylation is 1. The molecule has 0 saturated heterocycles. The summed E-state index contributed by atoms with van der Waals surface area (Å²) in [6.45, 7) is 9.07. The van der Waals surface area contributed by atoms with Crippen molar-refractivity contribution in [3.05, 3.63) is 16.1 Å². The van der Waals surface area contributed by atoms with E-state index >= 15 is 0 Å². The van der Waals surface area contributed by atoms with Gasteiger partial charge in [-0.05, 0) is 20.3 Å². The van der Waals surface area contributed by atoms with Gasteiger partial charge in [0.15, 0.2) is 0 Å². The molecular weight excluding hydrogens is 272 g/mol. The molecule has 2 atom stereocenters. The number of ether oxygens (including phenoxy) is 1. The first kappa shape index (κ1) is 15.4. The summed E-state index contributed by atoms with van der Waals surface area (Å²) in [5.41, 5.74) is 0.904. The number of carbonyl (C=O) groups is 1. The van der Waals surface area contributed by atoms with Crippen molar-refractivity contribution >= 4 is 17.2 Å². The third-order valence-corrected chi connectivity index (χ3v) is 5.18. The second-order valence-electron chi connectivity index (χ2n) is 6.06. The number of hydrogen-bond acceptors (Lipinski definition) is 4. The molecule has 1 amide bonds. The van der Waals surface area contributed by atoms with E-state index in [9.17, 15) is 4.79 Å². The zero-order valence-electron chi connectivity index (χ0n) is 13.0. The molecule has 1 aliphatic rings. The molecule has 1 aromatic rings. The van der Waals surface area contributed by atoms with Crippen LogP contribution >= 0.6 is 11.3 Å². The lowest BCUT2D eigenvalue weighted by Gasteiger charge is -2.54. The number of hydrogen-bond donors (Lipinski definition) is 0. The molecule has 20 heavy (non-hydrogen) atoms. The molecule has 5 heteroatoms. The maximum absolute atomic E-state index is 12.4. The van der Waals surface area contributed by atoms with Crippen LogP contribution in [0.15, 0.2) is 5.38 Å². The Labute approximate surface area is 125 Å². The molecule has 0 aromatic carbocycles. The van der Waals surface area contributed by atoms with Gasteiger partial charge in [-0.1, -0.05) is 13.8 Å². The highest BCUT2D eigenvalue weighted by molar-refractivity contribution is 7.09. The van der Waals surface area contributed by atoms with E-state index in [1.807, 2.05) is 31.2 Å². The summed E-state index contributed by atoms with van der Waals surface area (Å²) in [7, 11) is 1.90. The number of thiazole rings is 1. The van der Waals surface area contributed by atoms with Crippen LogP contribution in [0.5, 0.6) is 0 Å². The molecule has 1 aliphatic carbocycles. The average molecular weight is 296 g/mol. The molecule has 1 heterocycles. The highest BCUT2D eigenvalue weighted by Crippen LogP contribution is 2.45. The van der Waals surface area contributed by atoms with Crippen molar-refractivity contribution in [2.45, 2.75) is 52.7 Å². The quantitative estimate of drug-likeness (QED) is 0.839. The number of aromatic nitrogens is 1. The predicted molar refractivity (Wildman–Crippen MR) is 80.9 cm³/mol. The minimum Gasteiger partial charge on any atom is -0.378 e. The zero-order valence-corrected chi connectivity index (χ0v) is 13.8. The van der Waals surface area contributed by atoms with Gasteiger partial charge in [-0.2, -0.15) is 0 Å². The minimum atomic E-state index is 0.0262. The Morgan fingerprint density at radius 3 is 2.80 bits per heavy atom. The molecule has 2 rings (SSSR count). The fraction of sp³-hybridized carbons (Fsp3) is 0.733. The first-order valence-electron chi connectivity index (χ1n) is 7.14. The van der Waals surface area contributed by atoms with Crippen molar-refractivity contribution in [1.29, 1.82) is 0 Å². The molecule has 112 valence electrons. The molecule has 1 saturated carbocycles. The lowest BCUT2D eigenvalue weighted by Crippen LogP contribution is -2.62. The fourth-order valence-electron chi connectivity index (χ4n) is 2.95. The van der Waals surface area contributed by atoms with E-state index in [-0.39, 0.29) is 23.5 Å². The third kappa shape index (κ3) is 2.88. The summed E-state index contributed by atoms with van der Waals surface area (Å²) in [4.78, 5) is 18.6. The second kappa shape index (κ2) is 5.82. The van der Waals surface area contributed by atoms with E-state index in [1.165, 1.54) is 0 Å². The topological polar surface area (TPSA) is 42.4 Å². The van der Waals surface area contributed by atoms with Gasteiger partial charge in [0.25, 0.3) is 0 Å². The average Bonchev–Trinajstić information content (AvgIpc) is 2.78. The van der Waals surface area contributed by atoms with Gasteiger partial charge < -0.3 is 9.64 Å². The lowest BCUT2D eigenvalue weighted by molar-refractivity contribution is -0.162. The maximum atomic E-state index is 12.4. The third-order valence-electron chi connectivity index (χ3n) is 4.35. The molecule has 0 radical (unpaired) electrons. The van der Waals surface area contributed by atoms with Gasteiger partial charge in [-0.25, -0.2) is 4.98 Å². The van der Waals surface area contributed by atoms with Crippen molar-refractivity contribution in [1.82, 2.24) is 9.88 Å². The van der Waals surface area contributed by atoms with Gasteiger partial charge in [0.05, 0.1) is 23.2 Å². The minimum absolute atomic E-state index is 0.0262. The van der Waals surface area contributed by atoms with Crippen molar-refractivity contribution in [3.63, 3.8) is 0 Å². The lowest BCUT2D eigenvalue weighted by atomic mass is 9.63. The molecule has 0 bridgehead atoms. The van der Waals surface area contributed by atoms with Crippen molar-refractivity contribution < 1.29 is 9.53 Å². The van der Waals surface area contributed by atoms with Crippen LogP contribution in [0.3, 0.4) is 0 Å². The molecule has 0 unspecified atom stereocenters. The highest BCUT2D eigenvalue weighted by atomic mass is 32.1. The van der Waals surface area contributed by atoms with Crippen LogP contribution < -0.4 is 0 Å².